The fraction of sp³-hybridized carbons (Fsp3) is 1.00. The molecule has 0 spiro atoms. The predicted molar refractivity (Wildman–Crippen MR) is 49.9 cm³/mol. The van der Waals surface area contributed by atoms with Gasteiger partial charge in [-0.3, -0.25) is 4.48 Å². The average Bonchev–Trinajstić information content (AvgIpc) is 2.16. The highest BCUT2D eigenvalue weighted by molar-refractivity contribution is 4.54. The lowest BCUT2D eigenvalue weighted by Crippen LogP contribution is -2.59. The van der Waals surface area contributed by atoms with Crippen LogP contribution in [0, 0.1) is 0 Å². The first-order valence-corrected chi connectivity index (χ1v) is 4.96. The summed E-state index contributed by atoms with van der Waals surface area (Å²) in [7, 11) is 0. The molecular weight excluding hydrogens is 152 g/mol. The molecular formula is C9H21N2O+. The molecule has 1 saturated heterocycles. The number of ether oxygens (including phenoxy) is 1. The Morgan fingerprint density at radius 3 is 2.42 bits per heavy atom. The Kier molecular flexibility index (Phi) is 3.98. The number of piperazine rings is 1. The van der Waals surface area contributed by atoms with Gasteiger partial charge in [-0.1, -0.05) is 0 Å². The minimum Gasteiger partial charge on any atom is -0.332 e. The standard InChI is InChI=1S/C9H21N2O/c1-3-11(9-12-4-2)7-5-10-6-8-11/h10H,3-9H2,1-2H3/q+1. The first kappa shape index (κ1) is 9.96. The van der Waals surface area contributed by atoms with E-state index in [-0.39, 0.29) is 0 Å². The van der Waals surface area contributed by atoms with Crippen LogP contribution in [0.1, 0.15) is 13.8 Å². The van der Waals surface area contributed by atoms with Gasteiger partial charge in [0.1, 0.15) is 0 Å². The van der Waals surface area contributed by atoms with E-state index in [0.29, 0.717) is 0 Å². The Labute approximate surface area is 75.3 Å². The van der Waals surface area contributed by atoms with Crippen molar-refractivity contribution in [3.63, 3.8) is 0 Å². The number of rotatable bonds is 4. The molecule has 0 unspecified atom stereocenters. The van der Waals surface area contributed by atoms with Gasteiger partial charge in [0.15, 0.2) is 6.73 Å². The van der Waals surface area contributed by atoms with Crippen LogP contribution in [0.5, 0.6) is 0 Å². The van der Waals surface area contributed by atoms with Gasteiger partial charge in [-0.15, -0.1) is 0 Å². The molecule has 3 nitrogen and oxygen atoms in total. The van der Waals surface area contributed by atoms with Gasteiger partial charge in [0.25, 0.3) is 0 Å². The number of nitrogens with zero attached hydrogens (tertiary/aromatic N) is 1. The number of nitrogens with one attached hydrogen (secondary N) is 1. The van der Waals surface area contributed by atoms with Crippen LogP contribution in [0.3, 0.4) is 0 Å². The maximum atomic E-state index is 5.51. The Morgan fingerprint density at radius 1 is 1.25 bits per heavy atom. The molecule has 3 heteroatoms. The summed E-state index contributed by atoms with van der Waals surface area (Å²) in [5.74, 6) is 0. The van der Waals surface area contributed by atoms with E-state index >= 15 is 0 Å². The van der Waals surface area contributed by atoms with Crippen molar-refractivity contribution >= 4 is 0 Å². The van der Waals surface area contributed by atoms with Gasteiger partial charge in [-0.2, -0.15) is 0 Å². The topological polar surface area (TPSA) is 21.3 Å². The second-order valence-corrected chi connectivity index (χ2v) is 3.48. The van der Waals surface area contributed by atoms with Crippen LogP contribution in [0.25, 0.3) is 0 Å². The van der Waals surface area contributed by atoms with Gasteiger partial charge in [0, 0.05) is 19.7 Å². The Morgan fingerprint density at radius 2 is 1.92 bits per heavy atom. The summed E-state index contributed by atoms with van der Waals surface area (Å²) in [5.41, 5.74) is 0. The average molecular weight is 173 g/mol. The molecule has 0 aromatic rings. The molecule has 0 atom stereocenters. The van der Waals surface area contributed by atoms with Crippen molar-refractivity contribution in [2.75, 3.05) is 46.1 Å². The first-order chi connectivity index (χ1) is 5.83. The van der Waals surface area contributed by atoms with Crippen LogP contribution in [-0.4, -0.2) is 50.5 Å². The van der Waals surface area contributed by atoms with Crippen molar-refractivity contribution in [3.8, 4) is 0 Å². The van der Waals surface area contributed by atoms with Crippen molar-refractivity contribution < 1.29 is 9.22 Å². The summed E-state index contributed by atoms with van der Waals surface area (Å²) >= 11 is 0. The van der Waals surface area contributed by atoms with Gasteiger partial charge < -0.3 is 10.1 Å². The third kappa shape index (κ3) is 2.44. The molecule has 1 aliphatic rings. The fourth-order valence-electron chi connectivity index (χ4n) is 1.69. The monoisotopic (exact) mass is 173 g/mol. The predicted octanol–water partition coefficient (Wildman–Crippen LogP) is 0.420. The maximum absolute atomic E-state index is 5.51. The Hall–Kier alpha value is -0.120. The maximum Gasteiger partial charge on any atom is 0.183 e. The van der Waals surface area contributed by atoms with Crippen molar-refractivity contribution in [3.05, 3.63) is 0 Å². The summed E-state index contributed by atoms with van der Waals surface area (Å²) < 4.78 is 6.65. The van der Waals surface area contributed by atoms with Gasteiger partial charge in [-0.25, -0.2) is 0 Å². The summed E-state index contributed by atoms with van der Waals surface area (Å²) in [6.07, 6.45) is 0. The third-order valence-corrected chi connectivity index (χ3v) is 2.77. The normalized spacial score (nSPS) is 22.5. The first-order valence-electron chi connectivity index (χ1n) is 4.96. The molecule has 0 aromatic heterocycles. The summed E-state index contributed by atoms with van der Waals surface area (Å²) in [6, 6.07) is 0. The SMILES string of the molecule is CCOC[N+]1(CC)CCNCC1. The lowest BCUT2D eigenvalue weighted by molar-refractivity contribution is -0.945. The molecule has 0 aliphatic carbocycles. The van der Waals surface area contributed by atoms with E-state index < -0.39 is 0 Å². The Balaban J connectivity index is 2.37. The van der Waals surface area contributed by atoms with Crippen LogP contribution in [0.2, 0.25) is 0 Å². The minimum atomic E-state index is 0.841. The van der Waals surface area contributed by atoms with Gasteiger partial charge in [0.05, 0.1) is 19.6 Å². The molecule has 1 aliphatic heterocycles. The Bertz CT molecular complexity index is 122. The second kappa shape index (κ2) is 4.80. The molecule has 0 bridgehead atoms. The van der Waals surface area contributed by atoms with Gasteiger partial charge in [-0.05, 0) is 13.8 Å². The molecule has 12 heavy (non-hydrogen) atoms. The molecule has 1 heterocycles. The summed E-state index contributed by atoms with van der Waals surface area (Å²) in [4.78, 5) is 0. The van der Waals surface area contributed by atoms with E-state index in [1.54, 1.807) is 0 Å². The molecule has 72 valence electrons. The van der Waals surface area contributed by atoms with Crippen LogP contribution >= 0.6 is 0 Å². The van der Waals surface area contributed by atoms with Crippen LogP contribution < -0.4 is 5.32 Å². The zero-order valence-corrected chi connectivity index (χ0v) is 8.31. The lowest BCUT2D eigenvalue weighted by atomic mass is 10.3. The zero-order chi connectivity index (χ0) is 8.86. The highest BCUT2D eigenvalue weighted by Crippen LogP contribution is 2.08. The highest BCUT2D eigenvalue weighted by atomic mass is 16.5. The van der Waals surface area contributed by atoms with E-state index in [9.17, 15) is 0 Å². The van der Waals surface area contributed by atoms with Crippen LogP contribution in [0.4, 0.5) is 0 Å². The van der Waals surface area contributed by atoms with Crippen molar-refractivity contribution in [2.24, 2.45) is 0 Å². The van der Waals surface area contributed by atoms with E-state index in [4.69, 9.17) is 4.74 Å². The van der Waals surface area contributed by atoms with Crippen molar-refractivity contribution in [1.82, 2.24) is 5.32 Å². The number of hydrogen-bond acceptors (Lipinski definition) is 2. The molecule has 0 aromatic carbocycles. The van der Waals surface area contributed by atoms with E-state index in [1.165, 1.54) is 19.6 Å². The second-order valence-electron chi connectivity index (χ2n) is 3.48. The van der Waals surface area contributed by atoms with Crippen molar-refractivity contribution in [2.45, 2.75) is 13.8 Å². The minimum absolute atomic E-state index is 0.841. The lowest BCUT2D eigenvalue weighted by Gasteiger charge is -2.40. The largest absolute Gasteiger partial charge is 0.332 e. The quantitative estimate of drug-likeness (QED) is 0.622. The molecule has 0 radical (unpaired) electrons. The number of likely N-dealkylation sites (N-methyl/N-ethyl adjacent to an activating group) is 1. The smallest absolute Gasteiger partial charge is 0.183 e. The van der Waals surface area contributed by atoms with Crippen LogP contribution in [-0.2, 0) is 4.74 Å². The third-order valence-electron chi connectivity index (χ3n) is 2.77. The molecule has 1 fully saturated rings. The molecule has 0 saturated carbocycles. The van der Waals surface area contributed by atoms with Crippen LogP contribution in [0.15, 0.2) is 0 Å². The summed E-state index contributed by atoms with van der Waals surface area (Å²) in [6.45, 7) is 12.0. The molecule has 1 N–H and O–H groups in total. The fourth-order valence-corrected chi connectivity index (χ4v) is 1.69. The molecule has 0 amide bonds. The van der Waals surface area contributed by atoms with E-state index in [2.05, 4.69) is 19.2 Å². The zero-order valence-electron chi connectivity index (χ0n) is 8.31. The number of hydrogen-bond donors (Lipinski definition) is 1. The van der Waals surface area contributed by atoms with E-state index in [1.807, 2.05) is 0 Å². The van der Waals surface area contributed by atoms with Gasteiger partial charge >= 0.3 is 0 Å². The van der Waals surface area contributed by atoms with Crippen molar-refractivity contribution in [1.29, 1.82) is 0 Å². The number of quaternary nitrogens is 1. The van der Waals surface area contributed by atoms with E-state index in [0.717, 1.165) is 30.9 Å². The summed E-state index contributed by atoms with van der Waals surface area (Å²) in [5, 5.41) is 3.38. The van der Waals surface area contributed by atoms with Gasteiger partial charge in [0.2, 0.25) is 0 Å². The molecule has 1 rings (SSSR count). The highest BCUT2D eigenvalue weighted by Gasteiger charge is 2.27.